The minimum absolute atomic E-state index is 0.0275. The standard InChI is InChI=1S/C16H23ClFNO/c1-11(2)12(8-9-19)6-7-13(20)10-14-15(17)4-3-5-16(14)18/h3-5,11-12H,6-10,19H2,1-2H3. The molecule has 0 heterocycles. The van der Waals surface area contributed by atoms with Crippen molar-refractivity contribution in [3.8, 4) is 0 Å². The highest BCUT2D eigenvalue weighted by Crippen LogP contribution is 2.23. The van der Waals surface area contributed by atoms with Crippen molar-refractivity contribution in [2.45, 2.75) is 39.5 Å². The van der Waals surface area contributed by atoms with Gasteiger partial charge in [-0.2, -0.15) is 0 Å². The van der Waals surface area contributed by atoms with E-state index in [4.69, 9.17) is 17.3 Å². The van der Waals surface area contributed by atoms with Crippen LogP contribution in [0.5, 0.6) is 0 Å². The predicted molar refractivity (Wildman–Crippen MR) is 81.4 cm³/mol. The SMILES string of the molecule is CC(C)C(CCN)CCC(=O)Cc1c(F)cccc1Cl. The highest BCUT2D eigenvalue weighted by Gasteiger charge is 2.16. The summed E-state index contributed by atoms with van der Waals surface area (Å²) in [6.45, 7) is 4.91. The Hall–Kier alpha value is -0.930. The molecule has 112 valence electrons. The van der Waals surface area contributed by atoms with E-state index < -0.39 is 5.82 Å². The number of benzene rings is 1. The van der Waals surface area contributed by atoms with Gasteiger partial charge < -0.3 is 5.73 Å². The summed E-state index contributed by atoms with van der Waals surface area (Å²) in [5, 5.41) is 0.320. The number of carbonyl (C=O) groups excluding carboxylic acids is 1. The van der Waals surface area contributed by atoms with Crippen LogP contribution in [0.1, 0.15) is 38.7 Å². The lowest BCUT2D eigenvalue weighted by atomic mass is 9.87. The number of Topliss-reactive ketones (excluding diaryl/α,β-unsaturated/α-hetero) is 1. The monoisotopic (exact) mass is 299 g/mol. The third kappa shape index (κ3) is 5.22. The zero-order chi connectivity index (χ0) is 15.1. The Kier molecular flexibility index (Phi) is 7.17. The number of ketones is 1. The molecule has 0 aliphatic carbocycles. The van der Waals surface area contributed by atoms with Gasteiger partial charge in [-0.1, -0.05) is 31.5 Å². The summed E-state index contributed by atoms with van der Waals surface area (Å²) in [7, 11) is 0. The Bertz CT molecular complexity index is 428. The number of rotatable bonds is 8. The third-order valence-corrected chi connectivity index (χ3v) is 4.06. The molecular weight excluding hydrogens is 277 g/mol. The van der Waals surface area contributed by atoms with Gasteiger partial charge in [-0.15, -0.1) is 0 Å². The van der Waals surface area contributed by atoms with E-state index in [2.05, 4.69) is 13.8 Å². The molecule has 0 saturated heterocycles. The van der Waals surface area contributed by atoms with Gasteiger partial charge in [-0.05, 0) is 43.4 Å². The fourth-order valence-corrected chi connectivity index (χ4v) is 2.59. The molecule has 0 amide bonds. The van der Waals surface area contributed by atoms with E-state index in [9.17, 15) is 9.18 Å². The number of halogens is 2. The maximum atomic E-state index is 13.6. The van der Waals surface area contributed by atoms with Crippen LogP contribution < -0.4 is 5.73 Å². The smallest absolute Gasteiger partial charge is 0.137 e. The van der Waals surface area contributed by atoms with Crippen molar-refractivity contribution >= 4 is 17.4 Å². The Balaban J connectivity index is 2.55. The van der Waals surface area contributed by atoms with Crippen molar-refractivity contribution in [1.29, 1.82) is 0 Å². The number of hydrogen-bond acceptors (Lipinski definition) is 2. The average Bonchev–Trinajstić information content (AvgIpc) is 2.38. The molecule has 0 aliphatic rings. The van der Waals surface area contributed by atoms with Gasteiger partial charge in [0.1, 0.15) is 11.6 Å². The fourth-order valence-electron chi connectivity index (χ4n) is 2.36. The predicted octanol–water partition coefficient (Wildman–Crippen LogP) is 3.99. The number of hydrogen-bond donors (Lipinski definition) is 1. The normalized spacial score (nSPS) is 12.7. The summed E-state index contributed by atoms with van der Waals surface area (Å²) in [6, 6.07) is 4.49. The largest absolute Gasteiger partial charge is 0.330 e. The van der Waals surface area contributed by atoms with E-state index in [1.165, 1.54) is 6.07 Å². The highest BCUT2D eigenvalue weighted by atomic mass is 35.5. The van der Waals surface area contributed by atoms with Gasteiger partial charge in [0.2, 0.25) is 0 Å². The molecule has 1 unspecified atom stereocenters. The van der Waals surface area contributed by atoms with Crippen molar-refractivity contribution in [3.63, 3.8) is 0 Å². The molecule has 0 spiro atoms. The fraction of sp³-hybridized carbons (Fsp3) is 0.562. The van der Waals surface area contributed by atoms with Crippen LogP contribution in [-0.4, -0.2) is 12.3 Å². The lowest BCUT2D eigenvalue weighted by Crippen LogP contribution is -2.16. The maximum Gasteiger partial charge on any atom is 0.137 e. The minimum Gasteiger partial charge on any atom is -0.330 e. The lowest BCUT2D eigenvalue weighted by Gasteiger charge is -2.19. The zero-order valence-electron chi connectivity index (χ0n) is 12.2. The van der Waals surface area contributed by atoms with Crippen LogP contribution in [0, 0.1) is 17.7 Å². The Labute approximate surface area is 125 Å². The molecule has 0 aliphatic heterocycles. The first-order chi connectivity index (χ1) is 9.45. The maximum absolute atomic E-state index is 13.6. The molecule has 0 fully saturated rings. The van der Waals surface area contributed by atoms with Gasteiger partial charge in [0.15, 0.2) is 0 Å². The molecule has 0 radical (unpaired) electrons. The number of carbonyl (C=O) groups is 1. The topological polar surface area (TPSA) is 43.1 Å². The highest BCUT2D eigenvalue weighted by molar-refractivity contribution is 6.31. The lowest BCUT2D eigenvalue weighted by molar-refractivity contribution is -0.118. The molecule has 0 bridgehead atoms. The quantitative estimate of drug-likeness (QED) is 0.788. The van der Waals surface area contributed by atoms with Gasteiger partial charge in [0.25, 0.3) is 0 Å². The molecule has 0 saturated carbocycles. The van der Waals surface area contributed by atoms with Crippen molar-refractivity contribution in [3.05, 3.63) is 34.6 Å². The number of nitrogens with two attached hydrogens (primary N) is 1. The van der Waals surface area contributed by atoms with Gasteiger partial charge in [0, 0.05) is 23.4 Å². The van der Waals surface area contributed by atoms with Gasteiger partial charge in [-0.25, -0.2) is 4.39 Å². The third-order valence-electron chi connectivity index (χ3n) is 3.71. The van der Waals surface area contributed by atoms with Crippen molar-refractivity contribution in [2.24, 2.45) is 17.6 Å². The summed E-state index contributed by atoms with van der Waals surface area (Å²) in [4.78, 5) is 12.0. The summed E-state index contributed by atoms with van der Waals surface area (Å²) in [5.41, 5.74) is 5.89. The van der Waals surface area contributed by atoms with E-state index in [1.807, 2.05) is 0 Å². The van der Waals surface area contributed by atoms with Gasteiger partial charge >= 0.3 is 0 Å². The Morgan fingerprint density at radius 3 is 2.60 bits per heavy atom. The molecule has 1 rings (SSSR count). The van der Waals surface area contributed by atoms with E-state index in [0.29, 0.717) is 35.4 Å². The molecule has 1 aromatic carbocycles. The summed E-state index contributed by atoms with van der Waals surface area (Å²) in [5.74, 6) is 0.566. The second-order valence-electron chi connectivity index (χ2n) is 5.54. The minimum atomic E-state index is -0.409. The molecule has 2 N–H and O–H groups in total. The van der Waals surface area contributed by atoms with Gasteiger partial charge in [-0.3, -0.25) is 4.79 Å². The second kappa shape index (κ2) is 8.38. The summed E-state index contributed by atoms with van der Waals surface area (Å²) >= 11 is 5.93. The second-order valence-corrected chi connectivity index (χ2v) is 5.94. The summed E-state index contributed by atoms with van der Waals surface area (Å²) in [6.07, 6.45) is 2.25. The average molecular weight is 300 g/mol. The first kappa shape index (κ1) is 17.1. The van der Waals surface area contributed by atoms with Crippen molar-refractivity contribution in [1.82, 2.24) is 0 Å². The van der Waals surface area contributed by atoms with Crippen molar-refractivity contribution in [2.75, 3.05) is 6.54 Å². The van der Waals surface area contributed by atoms with Crippen LogP contribution in [0.3, 0.4) is 0 Å². The van der Waals surface area contributed by atoms with E-state index >= 15 is 0 Å². The van der Waals surface area contributed by atoms with E-state index in [0.717, 1.165) is 12.8 Å². The molecule has 20 heavy (non-hydrogen) atoms. The van der Waals surface area contributed by atoms with Crippen LogP contribution in [0.25, 0.3) is 0 Å². The van der Waals surface area contributed by atoms with Crippen LogP contribution in [0.2, 0.25) is 5.02 Å². The molecular formula is C16H23ClFNO. The molecule has 2 nitrogen and oxygen atoms in total. The van der Waals surface area contributed by atoms with Crippen molar-refractivity contribution < 1.29 is 9.18 Å². The molecule has 4 heteroatoms. The van der Waals surface area contributed by atoms with E-state index in [-0.39, 0.29) is 12.2 Å². The molecule has 0 aromatic heterocycles. The van der Waals surface area contributed by atoms with Crippen LogP contribution >= 0.6 is 11.6 Å². The molecule has 1 atom stereocenters. The Morgan fingerprint density at radius 1 is 1.35 bits per heavy atom. The van der Waals surface area contributed by atoms with E-state index in [1.54, 1.807) is 12.1 Å². The van der Waals surface area contributed by atoms with Crippen LogP contribution in [-0.2, 0) is 11.2 Å². The molecule has 1 aromatic rings. The Morgan fingerprint density at radius 2 is 2.05 bits per heavy atom. The van der Waals surface area contributed by atoms with Crippen LogP contribution in [0.4, 0.5) is 4.39 Å². The van der Waals surface area contributed by atoms with Crippen LogP contribution in [0.15, 0.2) is 18.2 Å². The first-order valence-corrected chi connectivity index (χ1v) is 7.48. The first-order valence-electron chi connectivity index (χ1n) is 7.10. The summed E-state index contributed by atoms with van der Waals surface area (Å²) < 4.78 is 13.6. The zero-order valence-corrected chi connectivity index (χ0v) is 12.9. The van der Waals surface area contributed by atoms with Gasteiger partial charge in [0.05, 0.1) is 0 Å².